The van der Waals surface area contributed by atoms with Crippen LogP contribution in [-0.4, -0.2) is 39.0 Å². The molecule has 0 unspecified atom stereocenters. The molecule has 31 heavy (non-hydrogen) atoms. The van der Waals surface area contributed by atoms with Gasteiger partial charge < -0.3 is 14.6 Å². The Morgan fingerprint density at radius 1 is 1.26 bits per heavy atom. The van der Waals surface area contributed by atoms with Crippen molar-refractivity contribution >= 4 is 51.6 Å². The first-order valence-corrected chi connectivity index (χ1v) is 11.9. The van der Waals surface area contributed by atoms with Gasteiger partial charge in [-0.05, 0) is 12.5 Å². The number of amides is 1. The van der Waals surface area contributed by atoms with E-state index < -0.39 is 5.97 Å². The van der Waals surface area contributed by atoms with E-state index >= 15 is 0 Å². The van der Waals surface area contributed by atoms with Crippen molar-refractivity contribution in [2.45, 2.75) is 31.8 Å². The van der Waals surface area contributed by atoms with E-state index in [1.165, 1.54) is 11.8 Å². The van der Waals surface area contributed by atoms with Gasteiger partial charge in [0, 0.05) is 18.5 Å². The molecule has 1 amide bonds. The molecule has 0 radical (unpaired) electrons. The van der Waals surface area contributed by atoms with E-state index in [0.29, 0.717) is 20.1 Å². The van der Waals surface area contributed by atoms with Gasteiger partial charge in [0.15, 0.2) is 5.16 Å². The second-order valence-electron chi connectivity index (χ2n) is 6.93. The normalized spacial score (nSPS) is 11.0. The largest absolute Gasteiger partial charge is 0.462 e. The molecule has 0 bridgehead atoms. The molecular formula is C21H23ClN4O3S2. The summed E-state index contributed by atoms with van der Waals surface area (Å²) in [5.41, 5.74) is 1.60. The topological polar surface area (TPSA) is 86.1 Å². The molecule has 164 valence electrons. The number of hydrogen-bond acceptors (Lipinski definition) is 7. The summed E-state index contributed by atoms with van der Waals surface area (Å²) >= 11 is 8.89. The van der Waals surface area contributed by atoms with Crippen LogP contribution in [0.25, 0.3) is 11.1 Å². The van der Waals surface area contributed by atoms with Crippen molar-refractivity contribution in [2.75, 3.05) is 17.7 Å². The highest BCUT2D eigenvalue weighted by Gasteiger charge is 2.26. The number of esters is 1. The summed E-state index contributed by atoms with van der Waals surface area (Å²) in [5, 5.41) is 12.2. The number of nitrogens with zero attached hydrogens (tertiary/aromatic N) is 3. The van der Waals surface area contributed by atoms with Crippen molar-refractivity contribution in [1.82, 2.24) is 14.8 Å². The number of thioether (sulfide) groups is 1. The number of thiophene rings is 1. The fourth-order valence-corrected chi connectivity index (χ4v) is 5.11. The zero-order valence-corrected chi connectivity index (χ0v) is 20.0. The molecule has 0 aliphatic heterocycles. The summed E-state index contributed by atoms with van der Waals surface area (Å²) in [4.78, 5) is 25.3. The van der Waals surface area contributed by atoms with Gasteiger partial charge in [-0.15, -0.1) is 21.5 Å². The maximum absolute atomic E-state index is 12.7. The van der Waals surface area contributed by atoms with Crippen LogP contribution in [0, 0.1) is 0 Å². The third-order valence-corrected chi connectivity index (χ3v) is 6.71. The first-order chi connectivity index (χ1) is 14.8. The minimum Gasteiger partial charge on any atom is -0.462 e. The molecule has 0 atom stereocenters. The monoisotopic (exact) mass is 478 g/mol. The lowest BCUT2D eigenvalue weighted by atomic mass is 10.0. The van der Waals surface area contributed by atoms with E-state index in [0.717, 1.165) is 22.7 Å². The third kappa shape index (κ3) is 5.28. The van der Waals surface area contributed by atoms with Gasteiger partial charge >= 0.3 is 5.97 Å². The Balaban J connectivity index is 1.82. The van der Waals surface area contributed by atoms with Crippen molar-refractivity contribution in [1.29, 1.82) is 0 Å². The molecule has 0 aliphatic carbocycles. The molecule has 0 aliphatic rings. The van der Waals surface area contributed by atoms with E-state index in [1.807, 2.05) is 55.8 Å². The van der Waals surface area contributed by atoms with Crippen LogP contribution in [0.15, 0.2) is 35.5 Å². The van der Waals surface area contributed by atoms with Crippen LogP contribution < -0.4 is 5.32 Å². The zero-order valence-electron chi connectivity index (χ0n) is 17.6. The smallest absolute Gasteiger partial charge is 0.341 e. The number of anilines is 1. The average Bonchev–Trinajstić information content (AvgIpc) is 3.26. The summed E-state index contributed by atoms with van der Waals surface area (Å²) in [5.74, 6) is 0.398. The quantitative estimate of drug-likeness (QED) is 0.352. The Morgan fingerprint density at radius 3 is 2.58 bits per heavy atom. The summed E-state index contributed by atoms with van der Waals surface area (Å²) < 4.78 is 7.51. The van der Waals surface area contributed by atoms with Crippen LogP contribution in [-0.2, 0) is 16.6 Å². The molecule has 1 N–H and O–H groups in total. The van der Waals surface area contributed by atoms with Crippen LogP contribution in [0.2, 0.25) is 4.34 Å². The van der Waals surface area contributed by atoms with E-state index in [2.05, 4.69) is 15.5 Å². The molecular weight excluding hydrogens is 456 g/mol. The van der Waals surface area contributed by atoms with Gasteiger partial charge in [-0.2, -0.15) is 0 Å². The first kappa shape index (κ1) is 23.3. The number of halogens is 1. The van der Waals surface area contributed by atoms with Gasteiger partial charge in [-0.1, -0.05) is 67.5 Å². The molecule has 10 heteroatoms. The minimum absolute atomic E-state index is 0.114. The highest BCUT2D eigenvalue weighted by molar-refractivity contribution is 7.99. The SMILES string of the molecule is CCOC(=O)c1c(NC(=O)CSc2nnc(C(C)C)n2C)sc(Cl)c1-c1ccccc1. The lowest BCUT2D eigenvalue weighted by molar-refractivity contribution is -0.113. The number of nitrogens with one attached hydrogen (secondary N) is 1. The molecule has 0 saturated heterocycles. The second-order valence-corrected chi connectivity index (χ2v) is 9.50. The predicted octanol–water partition coefficient (Wildman–Crippen LogP) is 5.23. The van der Waals surface area contributed by atoms with Crippen LogP contribution in [0.3, 0.4) is 0 Å². The molecule has 2 heterocycles. The summed E-state index contributed by atoms with van der Waals surface area (Å²) in [6.07, 6.45) is 0. The third-order valence-electron chi connectivity index (χ3n) is 4.38. The molecule has 2 aromatic heterocycles. The van der Waals surface area contributed by atoms with Crippen LogP contribution >= 0.6 is 34.7 Å². The maximum atomic E-state index is 12.7. The molecule has 3 aromatic rings. The predicted molar refractivity (Wildman–Crippen MR) is 125 cm³/mol. The second kappa shape index (κ2) is 10.3. The van der Waals surface area contributed by atoms with Gasteiger partial charge in [0.05, 0.1) is 12.4 Å². The lowest BCUT2D eigenvalue weighted by Gasteiger charge is -2.09. The maximum Gasteiger partial charge on any atom is 0.341 e. The van der Waals surface area contributed by atoms with Crippen molar-refractivity contribution in [3.8, 4) is 11.1 Å². The van der Waals surface area contributed by atoms with Gasteiger partial charge in [-0.25, -0.2) is 4.79 Å². The van der Waals surface area contributed by atoms with E-state index in [4.69, 9.17) is 16.3 Å². The average molecular weight is 479 g/mol. The Hall–Kier alpha value is -2.36. The molecule has 7 nitrogen and oxygen atoms in total. The van der Waals surface area contributed by atoms with Gasteiger partial charge in [-0.3, -0.25) is 4.79 Å². The number of rotatable bonds is 8. The standard InChI is InChI=1S/C21H23ClN4O3S2/c1-5-29-20(28)16-15(13-9-7-6-8-10-13)17(22)31-19(16)23-14(27)11-30-21-25-24-18(12(2)3)26(21)4/h6-10,12H,5,11H2,1-4H3,(H,23,27). The van der Waals surface area contributed by atoms with Gasteiger partial charge in [0.2, 0.25) is 5.91 Å². The zero-order chi connectivity index (χ0) is 22.5. The summed E-state index contributed by atoms with van der Waals surface area (Å²) in [6, 6.07) is 9.32. The minimum atomic E-state index is -0.526. The molecule has 3 rings (SSSR count). The van der Waals surface area contributed by atoms with Crippen molar-refractivity contribution in [2.24, 2.45) is 7.05 Å². The van der Waals surface area contributed by atoms with Crippen LogP contribution in [0.5, 0.6) is 0 Å². The van der Waals surface area contributed by atoms with E-state index in [9.17, 15) is 9.59 Å². The van der Waals surface area contributed by atoms with Crippen molar-refractivity contribution in [3.63, 3.8) is 0 Å². The fraction of sp³-hybridized carbons (Fsp3) is 0.333. The first-order valence-electron chi connectivity index (χ1n) is 9.70. The van der Waals surface area contributed by atoms with Crippen LogP contribution in [0.4, 0.5) is 5.00 Å². The van der Waals surface area contributed by atoms with Crippen LogP contribution in [0.1, 0.15) is 42.9 Å². The number of benzene rings is 1. The number of carbonyl (C=O) groups excluding carboxylic acids is 2. The van der Waals surface area contributed by atoms with E-state index in [1.54, 1.807) is 6.92 Å². The highest BCUT2D eigenvalue weighted by atomic mass is 35.5. The molecule has 1 aromatic carbocycles. The Morgan fingerprint density at radius 2 is 1.97 bits per heavy atom. The Labute approximate surface area is 194 Å². The molecule has 0 spiro atoms. The van der Waals surface area contributed by atoms with E-state index in [-0.39, 0.29) is 29.7 Å². The highest BCUT2D eigenvalue weighted by Crippen LogP contribution is 2.44. The lowest BCUT2D eigenvalue weighted by Crippen LogP contribution is -2.16. The Bertz CT molecular complexity index is 1080. The number of hydrogen-bond donors (Lipinski definition) is 1. The number of ether oxygens (including phenoxy) is 1. The molecule has 0 fully saturated rings. The summed E-state index contributed by atoms with van der Waals surface area (Å²) in [7, 11) is 1.87. The van der Waals surface area contributed by atoms with Crippen molar-refractivity contribution in [3.05, 3.63) is 46.1 Å². The molecule has 0 saturated carbocycles. The van der Waals surface area contributed by atoms with Gasteiger partial charge in [0.1, 0.15) is 20.7 Å². The van der Waals surface area contributed by atoms with Gasteiger partial charge in [0.25, 0.3) is 0 Å². The Kier molecular flexibility index (Phi) is 7.74. The summed E-state index contributed by atoms with van der Waals surface area (Å²) in [6.45, 7) is 6.02. The number of carbonyl (C=O) groups is 2. The number of aromatic nitrogens is 3. The fourth-order valence-electron chi connectivity index (χ4n) is 3.00. The van der Waals surface area contributed by atoms with Crippen molar-refractivity contribution < 1.29 is 14.3 Å².